The number of carbonyl (C=O) groups is 1. The number of fused-ring (bicyclic) bond motifs is 1. The van der Waals surface area contributed by atoms with E-state index in [1.54, 1.807) is 18.1 Å². The van der Waals surface area contributed by atoms with Crippen LogP contribution in [0, 0.1) is 10.1 Å². The molecular formula is C19H19N5O4. The Morgan fingerprint density at radius 1 is 1.18 bits per heavy atom. The number of amides is 1. The molecular weight excluding hydrogens is 362 g/mol. The number of carbonyl (C=O) groups excluding carboxylic acids is 1. The van der Waals surface area contributed by atoms with Gasteiger partial charge in [-0.05, 0) is 18.2 Å². The smallest absolute Gasteiger partial charge is 0.275 e. The third-order valence-corrected chi connectivity index (χ3v) is 4.95. The van der Waals surface area contributed by atoms with Gasteiger partial charge in [0, 0.05) is 43.7 Å². The van der Waals surface area contributed by atoms with E-state index in [1.807, 2.05) is 24.3 Å². The topological polar surface area (TPSA) is 105 Å². The maximum Gasteiger partial charge on any atom is 0.275 e. The van der Waals surface area contributed by atoms with Gasteiger partial charge in [0.05, 0.1) is 23.2 Å². The van der Waals surface area contributed by atoms with Crippen molar-refractivity contribution < 1.29 is 14.5 Å². The molecule has 9 heteroatoms. The summed E-state index contributed by atoms with van der Waals surface area (Å²) >= 11 is 0. The molecule has 2 aromatic carbocycles. The highest BCUT2D eigenvalue weighted by Gasteiger charge is 2.27. The van der Waals surface area contributed by atoms with Gasteiger partial charge in [0.25, 0.3) is 11.6 Å². The number of aromatic amines is 1. The molecule has 1 fully saturated rings. The highest BCUT2D eigenvalue weighted by Crippen LogP contribution is 2.29. The number of ether oxygens (including phenoxy) is 1. The molecule has 1 N–H and O–H groups in total. The van der Waals surface area contributed by atoms with Crippen molar-refractivity contribution in [2.45, 2.75) is 0 Å². The number of para-hydroxylation sites is 2. The number of methoxy groups -OCH3 is 1. The molecule has 1 aromatic heterocycles. The van der Waals surface area contributed by atoms with Crippen molar-refractivity contribution in [3.05, 3.63) is 58.3 Å². The quantitative estimate of drug-likeness (QED) is 0.550. The number of piperazine rings is 1. The lowest BCUT2D eigenvalue weighted by Crippen LogP contribution is -2.49. The Morgan fingerprint density at radius 2 is 1.93 bits per heavy atom. The fourth-order valence-corrected chi connectivity index (χ4v) is 3.47. The van der Waals surface area contributed by atoms with Crippen LogP contribution in [0.2, 0.25) is 0 Å². The second-order valence-electron chi connectivity index (χ2n) is 6.51. The minimum Gasteiger partial charge on any atom is -0.495 e. The summed E-state index contributed by atoms with van der Waals surface area (Å²) < 4.78 is 5.42. The van der Waals surface area contributed by atoms with Crippen molar-refractivity contribution in [1.29, 1.82) is 0 Å². The van der Waals surface area contributed by atoms with Crippen molar-refractivity contribution in [1.82, 2.24) is 15.1 Å². The third-order valence-electron chi connectivity index (χ3n) is 4.95. The van der Waals surface area contributed by atoms with Gasteiger partial charge in [-0.15, -0.1) is 0 Å². The highest BCUT2D eigenvalue weighted by molar-refractivity contribution is 6.05. The number of anilines is 1. The molecule has 1 amide bonds. The van der Waals surface area contributed by atoms with Crippen molar-refractivity contribution in [2.75, 3.05) is 38.2 Å². The lowest BCUT2D eigenvalue weighted by atomic mass is 10.1. The highest BCUT2D eigenvalue weighted by atomic mass is 16.6. The first kappa shape index (κ1) is 17.8. The Bertz CT molecular complexity index is 1040. The molecule has 4 rings (SSSR count). The molecule has 1 aliphatic rings. The van der Waals surface area contributed by atoms with E-state index in [0.29, 0.717) is 37.1 Å². The summed E-state index contributed by atoms with van der Waals surface area (Å²) in [6.45, 7) is 2.38. The average molecular weight is 381 g/mol. The maximum atomic E-state index is 13.0. The van der Waals surface area contributed by atoms with E-state index >= 15 is 0 Å². The van der Waals surface area contributed by atoms with Gasteiger partial charge in [0.1, 0.15) is 5.75 Å². The lowest BCUT2D eigenvalue weighted by molar-refractivity contribution is -0.384. The number of aromatic nitrogens is 2. The average Bonchev–Trinajstić information content (AvgIpc) is 3.16. The molecule has 0 bridgehead atoms. The largest absolute Gasteiger partial charge is 0.495 e. The van der Waals surface area contributed by atoms with Crippen molar-refractivity contribution >= 4 is 28.2 Å². The zero-order chi connectivity index (χ0) is 19.7. The molecule has 0 unspecified atom stereocenters. The van der Waals surface area contributed by atoms with Crippen LogP contribution >= 0.6 is 0 Å². The van der Waals surface area contributed by atoms with E-state index in [2.05, 4.69) is 15.1 Å². The van der Waals surface area contributed by atoms with E-state index in [1.165, 1.54) is 12.1 Å². The van der Waals surface area contributed by atoms with Crippen LogP contribution in [0.4, 0.5) is 11.4 Å². The molecule has 0 spiro atoms. The Balaban J connectivity index is 1.52. The Hall–Kier alpha value is -3.62. The van der Waals surface area contributed by atoms with Crippen molar-refractivity contribution in [3.8, 4) is 5.75 Å². The molecule has 9 nitrogen and oxygen atoms in total. The number of benzene rings is 2. The van der Waals surface area contributed by atoms with Gasteiger partial charge >= 0.3 is 0 Å². The molecule has 3 aromatic rings. The number of nitrogens with one attached hydrogen (secondary N) is 1. The summed E-state index contributed by atoms with van der Waals surface area (Å²) in [5.41, 5.74) is 1.74. The first-order valence-corrected chi connectivity index (χ1v) is 8.88. The summed E-state index contributed by atoms with van der Waals surface area (Å²) in [6.07, 6.45) is 0. The maximum absolute atomic E-state index is 13.0. The summed E-state index contributed by atoms with van der Waals surface area (Å²) in [5, 5.41) is 18.4. The van der Waals surface area contributed by atoms with Gasteiger partial charge in [-0.3, -0.25) is 20.0 Å². The van der Waals surface area contributed by atoms with Crippen LogP contribution in [-0.4, -0.2) is 59.2 Å². The summed E-state index contributed by atoms with van der Waals surface area (Å²) in [6, 6.07) is 12.1. The first-order valence-electron chi connectivity index (χ1n) is 8.88. The molecule has 0 atom stereocenters. The van der Waals surface area contributed by atoms with Crippen molar-refractivity contribution in [3.63, 3.8) is 0 Å². The molecule has 1 saturated heterocycles. The first-order chi connectivity index (χ1) is 13.6. The van der Waals surface area contributed by atoms with Crippen LogP contribution < -0.4 is 9.64 Å². The van der Waals surface area contributed by atoms with E-state index in [0.717, 1.165) is 11.4 Å². The Kier molecular flexibility index (Phi) is 4.56. The fourth-order valence-electron chi connectivity index (χ4n) is 3.47. The molecule has 0 radical (unpaired) electrons. The van der Waals surface area contributed by atoms with E-state index < -0.39 is 4.92 Å². The van der Waals surface area contributed by atoms with E-state index in [9.17, 15) is 14.9 Å². The predicted octanol–water partition coefficient (Wildman–Crippen LogP) is 2.44. The number of hydrogen-bond donors (Lipinski definition) is 1. The van der Waals surface area contributed by atoms with Gasteiger partial charge in [0.15, 0.2) is 5.69 Å². The van der Waals surface area contributed by atoms with Gasteiger partial charge in [-0.25, -0.2) is 0 Å². The minimum atomic E-state index is -0.479. The molecule has 0 saturated carbocycles. The van der Waals surface area contributed by atoms with Gasteiger partial charge < -0.3 is 14.5 Å². The summed E-state index contributed by atoms with van der Waals surface area (Å²) in [7, 11) is 1.64. The molecule has 1 aliphatic heterocycles. The molecule has 2 heterocycles. The van der Waals surface area contributed by atoms with E-state index in [4.69, 9.17) is 4.74 Å². The standard InChI is InChI=1S/C19H19N5O4/c1-28-17-5-3-2-4-16(17)22-8-10-23(11-9-22)19(25)18-14-12-13(24(26)27)6-7-15(14)20-21-18/h2-7,12H,8-11H2,1H3,(H,20,21). The Morgan fingerprint density at radius 3 is 2.64 bits per heavy atom. The van der Waals surface area contributed by atoms with E-state index in [-0.39, 0.29) is 17.3 Å². The van der Waals surface area contributed by atoms with Crippen LogP contribution in [0.1, 0.15) is 10.5 Å². The second kappa shape index (κ2) is 7.18. The van der Waals surface area contributed by atoms with Crippen LogP contribution in [0.25, 0.3) is 10.9 Å². The number of hydrogen-bond acceptors (Lipinski definition) is 6. The number of nitro groups is 1. The van der Waals surface area contributed by atoms with Crippen LogP contribution in [0.3, 0.4) is 0 Å². The van der Waals surface area contributed by atoms with Crippen LogP contribution in [0.15, 0.2) is 42.5 Å². The van der Waals surface area contributed by atoms with Crippen molar-refractivity contribution in [2.24, 2.45) is 0 Å². The van der Waals surface area contributed by atoms with Gasteiger partial charge in [0.2, 0.25) is 0 Å². The number of H-pyrrole nitrogens is 1. The monoisotopic (exact) mass is 381 g/mol. The number of nitrogens with zero attached hydrogens (tertiary/aromatic N) is 4. The number of rotatable bonds is 4. The molecule has 144 valence electrons. The molecule has 0 aliphatic carbocycles. The lowest BCUT2D eigenvalue weighted by Gasteiger charge is -2.36. The normalized spacial score (nSPS) is 14.3. The number of nitro benzene ring substituents is 1. The zero-order valence-corrected chi connectivity index (χ0v) is 15.3. The van der Waals surface area contributed by atoms with Crippen LogP contribution in [0.5, 0.6) is 5.75 Å². The third kappa shape index (κ3) is 3.11. The summed E-state index contributed by atoms with van der Waals surface area (Å²) in [4.78, 5) is 27.4. The SMILES string of the molecule is COc1ccccc1N1CCN(C(=O)c2n[nH]c3ccc([N+](=O)[O-])cc23)CC1. The molecule has 28 heavy (non-hydrogen) atoms. The zero-order valence-electron chi connectivity index (χ0n) is 15.3. The van der Waals surface area contributed by atoms with Gasteiger partial charge in [-0.1, -0.05) is 12.1 Å². The van der Waals surface area contributed by atoms with Gasteiger partial charge in [-0.2, -0.15) is 5.10 Å². The predicted molar refractivity (Wildman–Crippen MR) is 104 cm³/mol. The second-order valence-corrected chi connectivity index (χ2v) is 6.51. The van der Waals surface area contributed by atoms with Crippen LogP contribution in [-0.2, 0) is 0 Å². The number of non-ortho nitro benzene ring substituents is 1. The fraction of sp³-hybridized carbons (Fsp3) is 0.263. The Labute approximate surface area is 160 Å². The summed E-state index contributed by atoms with van der Waals surface area (Å²) in [5.74, 6) is 0.569. The minimum absolute atomic E-state index is 0.0658.